The van der Waals surface area contributed by atoms with Crippen LogP contribution >= 0.6 is 0 Å². The first-order valence-corrected chi connectivity index (χ1v) is 9.81. The number of sulfone groups is 1. The van der Waals surface area contributed by atoms with Gasteiger partial charge in [0.2, 0.25) is 5.75 Å². The summed E-state index contributed by atoms with van der Waals surface area (Å²) >= 11 is 0. The monoisotopic (exact) mass is 408 g/mol. The van der Waals surface area contributed by atoms with Crippen LogP contribution in [0.2, 0.25) is 0 Å². The number of carbonyl (C=O) groups is 2. The van der Waals surface area contributed by atoms with Crippen LogP contribution in [0.15, 0.2) is 41.3 Å². The largest absolute Gasteiger partial charge is 0.493 e. The van der Waals surface area contributed by atoms with Gasteiger partial charge in [-0.1, -0.05) is 0 Å². The number of hydrazine groups is 1. The number of ether oxygens (including phenoxy) is 3. The summed E-state index contributed by atoms with van der Waals surface area (Å²) < 4.78 is 38.5. The first-order valence-electron chi connectivity index (χ1n) is 7.92. The highest BCUT2D eigenvalue weighted by Crippen LogP contribution is 2.38. The van der Waals surface area contributed by atoms with E-state index in [9.17, 15) is 18.0 Å². The fourth-order valence-electron chi connectivity index (χ4n) is 2.32. The molecular weight excluding hydrogens is 388 g/mol. The summed E-state index contributed by atoms with van der Waals surface area (Å²) in [5.41, 5.74) is 4.88. The number of carbonyl (C=O) groups excluding carboxylic acids is 2. The minimum atomic E-state index is -3.36. The van der Waals surface area contributed by atoms with Gasteiger partial charge < -0.3 is 14.2 Å². The molecule has 0 unspecified atom stereocenters. The quantitative estimate of drug-likeness (QED) is 0.689. The minimum Gasteiger partial charge on any atom is -0.493 e. The Morgan fingerprint density at radius 1 is 0.786 bits per heavy atom. The van der Waals surface area contributed by atoms with Crippen LogP contribution in [0.1, 0.15) is 20.7 Å². The van der Waals surface area contributed by atoms with E-state index < -0.39 is 21.7 Å². The van der Waals surface area contributed by atoms with Gasteiger partial charge in [-0.25, -0.2) is 8.42 Å². The molecule has 150 valence electrons. The molecule has 0 saturated heterocycles. The predicted octanol–water partition coefficient (Wildman–Crippen LogP) is 1.19. The third-order valence-corrected chi connectivity index (χ3v) is 4.89. The zero-order valence-electron chi connectivity index (χ0n) is 15.7. The molecule has 2 aromatic rings. The molecule has 2 rings (SSSR count). The third-order valence-electron chi connectivity index (χ3n) is 3.76. The average Bonchev–Trinajstić information content (AvgIpc) is 2.69. The van der Waals surface area contributed by atoms with Crippen LogP contribution in [0.5, 0.6) is 17.2 Å². The van der Waals surface area contributed by atoms with Gasteiger partial charge in [-0.15, -0.1) is 0 Å². The maximum absolute atomic E-state index is 12.3. The second kappa shape index (κ2) is 8.61. The Kier molecular flexibility index (Phi) is 6.47. The van der Waals surface area contributed by atoms with Gasteiger partial charge in [0.15, 0.2) is 21.3 Å². The van der Waals surface area contributed by atoms with Gasteiger partial charge in [0.1, 0.15) is 0 Å². The van der Waals surface area contributed by atoms with E-state index in [0.717, 1.165) is 6.26 Å². The molecule has 2 N–H and O–H groups in total. The molecule has 0 aliphatic rings. The lowest BCUT2D eigenvalue weighted by atomic mass is 10.1. The Labute approximate surface area is 162 Å². The molecule has 2 amide bonds. The third kappa shape index (κ3) is 4.71. The Bertz CT molecular complexity index is 960. The van der Waals surface area contributed by atoms with Gasteiger partial charge in [0.25, 0.3) is 11.8 Å². The fraction of sp³-hybridized carbons (Fsp3) is 0.222. The van der Waals surface area contributed by atoms with Gasteiger partial charge >= 0.3 is 0 Å². The summed E-state index contributed by atoms with van der Waals surface area (Å²) in [6, 6.07) is 8.18. The second-order valence-electron chi connectivity index (χ2n) is 5.62. The second-order valence-corrected chi connectivity index (χ2v) is 7.63. The van der Waals surface area contributed by atoms with Crippen molar-refractivity contribution in [3.8, 4) is 17.2 Å². The first kappa shape index (κ1) is 21.0. The number of hydrogen-bond donors (Lipinski definition) is 2. The summed E-state index contributed by atoms with van der Waals surface area (Å²) in [6.45, 7) is 0. The van der Waals surface area contributed by atoms with Crippen LogP contribution in [0.4, 0.5) is 0 Å². The summed E-state index contributed by atoms with van der Waals surface area (Å²) in [5.74, 6) is -0.317. The lowest BCUT2D eigenvalue weighted by molar-refractivity contribution is 0.0846. The standard InChI is InChI=1S/C18H20N2O7S/c1-25-14-9-12(10-15(26-2)16(14)27-3)18(22)20-19-17(21)11-5-7-13(8-6-11)28(4,23)24/h5-10H,1-4H3,(H,19,21)(H,20,22). The Balaban J connectivity index is 2.12. The van der Waals surface area contributed by atoms with Crippen LogP contribution in [-0.2, 0) is 9.84 Å². The van der Waals surface area contributed by atoms with Crippen molar-refractivity contribution in [3.05, 3.63) is 47.5 Å². The van der Waals surface area contributed by atoms with Gasteiger partial charge in [-0.05, 0) is 36.4 Å². The lowest BCUT2D eigenvalue weighted by Gasteiger charge is -2.14. The van der Waals surface area contributed by atoms with E-state index >= 15 is 0 Å². The van der Waals surface area contributed by atoms with Crippen molar-refractivity contribution >= 4 is 21.7 Å². The molecule has 0 saturated carbocycles. The zero-order valence-corrected chi connectivity index (χ0v) is 16.5. The van der Waals surface area contributed by atoms with Gasteiger partial charge in [-0.3, -0.25) is 20.4 Å². The highest BCUT2D eigenvalue weighted by Gasteiger charge is 2.18. The summed E-state index contributed by atoms with van der Waals surface area (Å²) in [7, 11) is 0.914. The maximum Gasteiger partial charge on any atom is 0.269 e. The van der Waals surface area contributed by atoms with Crippen molar-refractivity contribution in [2.75, 3.05) is 27.6 Å². The van der Waals surface area contributed by atoms with E-state index in [1.807, 2.05) is 0 Å². The first-order chi connectivity index (χ1) is 13.2. The smallest absolute Gasteiger partial charge is 0.269 e. The number of benzene rings is 2. The maximum atomic E-state index is 12.3. The molecule has 28 heavy (non-hydrogen) atoms. The molecule has 0 aliphatic heterocycles. The number of nitrogens with one attached hydrogen (secondary N) is 2. The van der Waals surface area contributed by atoms with Crippen LogP contribution in [0.25, 0.3) is 0 Å². The summed E-state index contributed by atoms with van der Waals surface area (Å²) in [4.78, 5) is 24.6. The Morgan fingerprint density at radius 2 is 1.25 bits per heavy atom. The number of rotatable bonds is 6. The van der Waals surface area contributed by atoms with Gasteiger partial charge in [-0.2, -0.15) is 0 Å². The molecule has 0 heterocycles. The van der Waals surface area contributed by atoms with Crippen molar-refractivity contribution < 1.29 is 32.2 Å². The van der Waals surface area contributed by atoms with E-state index in [1.165, 1.54) is 57.7 Å². The van der Waals surface area contributed by atoms with Crippen molar-refractivity contribution in [2.45, 2.75) is 4.90 Å². The fourth-order valence-corrected chi connectivity index (χ4v) is 2.95. The van der Waals surface area contributed by atoms with Crippen LogP contribution in [0, 0.1) is 0 Å². The minimum absolute atomic E-state index is 0.0884. The van der Waals surface area contributed by atoms with Gasteiger partial charge in [0.05, 0.1) is 26.2 Å². The number of hydrogen-bond acceptors (Lipinski definition) is 7. The van der Waals surface area contributed by atoms with E-state index in [1.54, 1.807) is 0 Å². The molecule has 0 aliphatic carbocycles. The van der Waals surface area contributed by atoms with E-state index in [-0.39, 0.29) is 27.5 Å². The van der Waals surface area contributed by atoms with Crippen molar-refractivity contribution in [2.24, 2.45) is 0 Å². The Hall–Kier alpha value is -3.27. The topological polar surface area (TPSA) is 120 Å². The van der Waals surface area contributed by atoms with E-state index in [2.05, 4.69) is 10.9 Å². The molecule has 0 aromatic heterocycles. The van der Waals surface area contributed by atoms with E-state index in [0.29, 0.717) is 5.75 Å². The zero-order chi connectivity index (χ0) is 20.9. The molecule has 0 atom stereocenters. The normalized spacial score (nSPS) is 10.7. The molecule has 0 spiro atoms. The Morgan fingerprint density at radius 3 is 1.64 bits per heavy atom. The molecule has 0 fully saturated rings. The number of methoxy groups -OCH3 is 3. The molecule has 0 bridgehead atoms. The molecular formula is C18H20N2O7S. The van der Waals surface area contributed by atoms with Crippen molar-refractivity contribution in [1.29, 1.82) is 0 Å². The van der Waals surface area contributed by atoms with Crippen LogP contribution in [0.3, 0.4) is 0 Å². The van der Waals surface area contributed by atoms with E-state index in [4.69, 9.17) is 14.2 Å². The SMILES string of the molecule is COc1cc(C(=O)NNC(=O)c2ccc(S(C)(=O)=O)cc2)cc(OC)c1OC. The number of amides is 2. The van der Waals surface area contributed by atoms with Crippen molar-refractivity contribution in [3.63, 3.8) is 0 Å². The average molecular weight is 408 g/mol. The molecule has 2 aromatic carbocycles. The van der Waals surface area contributed by atoms with Gasteiger partial charge in [0, 0.05) is 17.4 Å². The molecule has 0 radical (unpaired) electrons. The predicted molar refractivity (Wildman–Crippen MR) is 101 cm³/mol. The lowest BCUT2D eigenvalue weighted by Crippen LogP contribution is -2.41. The summed E-state index contributed by atoms with van der Waals surface area (Å²) in [6.07, 6.45) is 1.07. The van der Waals surface area contributed by atoms with Crippen LogP contribution in [-0.4, -0.2) is 47.8 Å². The van der Waals surface area contributed by atoms with Crippen LogP contribution < -0.4 is 25.1 Å². The highest BCUT2D eigenvalue weighted by atomic mass is 32.2. The molecule has 9 nitrogen and oxygen atoms in total. The molecule has 10 heteroatoms. The highest BCUT2D eigenvalue weighted by molar-refractivity contribution is 7.90. The van der Waals surface area contributed by atoms with Crippen molar-refractivity contribution in [1.82, 2.24) is 10.9 Å². The summed E-state index contributed by atoms with van der Waals surface area (Å²) in [5, 5.41) is 0.